The first-order valence-electron chi connectivity index (χ1n) is 9.71. The summed E-state index contributed by atoms with van der Waals surface area (Å²) in [5, 5.41) is 0. The molecule has 0 spiro atoms. The summed E-state index contributed by atoms with van der Waals surface area (Å²) >= 11 is 0. The SMILES string of the molecule is CCOC(=O)[C@@H]1[C@H]2CN(C(=O)c3ccc(-c4cnco4)cc3)C[C@@H]2C=C[C@@H]1C. The summed E-state index contributed by atoms with van der Waals surface area (Å²) in [6, 6.07) is 7.34. The molecule has 2 aliphatic rings. The van der Waals surface area contributed by atoms with E-state index in [1.54, 1.807) is 6.20 Å². The van der Waals surface area contributed by atoms with E-state index in [9.17, 15) is 9.59 Å². The van der Waals surface area contributed by atoms with E-state index < -0.39 is 0 Å². The Morgan fingerprint density at radius 1 is 1.21 bits per heavy atom. The van der Waals surface area contributed by atoms with Gasteiger partial charge in [0.1, 0.15) is 0 Å². The number of aromatic nitrogens is 1. The van der Waals surface area contributed by atoms with Crippen molar-refractivity contribution in [2.75, 3.05) is 19.7 Å². The smallest absolute Gasteiger partial charge is 0.309 e. The molecule has 1 aliphatic heterocycles. The molecule has 0 bridgehead atoms. The summed E-state index contributed by atoms with van der Waals surface area (Å²) in [4.78, 5) is 31.3. The van der Waals surface area contributed by atoms with Crippen LogP contribution >= 0.6 is 0 Å². The van der Waals surface area contributed by atoms with Gasteiger partial charge in [-0.05, 0) is 36.8 Å². The Morgan fingerprint density at radius 2 is 2.00 bits per heavy atom. The van der Waals surface area contributed by atoms with Gasteiger partial charge in [0.15, 0.2) is 12.2 Å². The maximum Gasteiger partial charge on any atom is 0.309 e. The minimum atomic E-state index is -0.193. The average molecular weight is 380 g/mol. The molecule has 6 nitrogen and oxygen atoms in total. The van der Waals surface area contributed by atoms with Crippen molar-refractivity contribution < 1.29 is 18.7 Å². The number of fused-ring (bicyclic) bond motifs is 1. The normalized spacial score (nSPS) is 26.1. The second-order valence-corrected chi connectivity index (χ2v) is 7.50. The Bertz CT molecular complexity index is 872. The molecular formula is C22H24N2O4. The standard InChI is InChI=1S/C22H24N2O4/c1-3-27-22(26)20-14(2)4-5-17-11-24(12-18(17)20)21(25)16-8-6-15(7-9-16)19-10-23-13-28-19/h4-10,13-14,17-18,20H,3,11-12H2,1-2H3/t14-,17-,18-,20-/m0/s1. The van der Waals surface area contributed by atoms with Crippen LogP contribution in [-0.2, 0) is 9.53 Å². The van der Waals surface area contributed by atoms with Gasteiger partial charge < -0.3 is 14.1 Å². The monoisotopic (exact) mass is 380 g/mol. The quantitative estimate of drug-likeness (QED) is 0.600. The van der Waals surface area contributed by atoms with Crippen molar-refractivity contribution in [1.82, 2.24) is 9.88 Å². The minimum absolute atomic E-state index is 0.0119. The van der Waals surface area contributed by atoms with E-state index in [1.165, 1.54) is 6.39 Å². The number of esters is 1. The van der Waals surface area contributed by atoms with Gasteiger partial charge in [-0.1, -0.05) is 31.2 Å². The molecule has 0 saturated carbocycles. The molecule has 1 amide bonds. The lowest BCUT2D eigenvalue weighted by Crippen LogP contribution is -2.37. The van der Waals surface area contributed by atoms with Crippen molar-refractivity contribution in [2.24, 2.45) is 23.7 Å². The number of allylic oxidation sites excluding steroid dienone is 1. The number of hydrogen-bond donors (Lipinski definition) is 0. The van der Waals surface area contributed by atoms with Crippen molar-refractivity contribution in [1.29, 1.82) is 0 Å². The summed E-state index contributed by atoms with van der Waals surface area (Å²) in [5.41, 5.74) is 1.51. The first kappa shape index (κ1) is 18.5. The molecule has 2 heterocycles. The molecule has 6 heteroatoms. The van der Waals surface area contributed by atoms with E-state index in [1.807, 2.05) is 43.0 Å². The first-order valence-corrected chi connectivity index (χ1v) is 9.71. The Kier molecular flexibility index (Phi) is 5.03. The van der Waals surface area contributed by atoms with Gasteiger partial charge in [-0.3, -0.25) is 9.59 Å². The van der Waals surface area contributed by atoms with Crippen LogP contribution in [0.5, 0.6) is 0 Å². The van der Waals surface area contributed by atoms with Crippen molar-refractivity contribution in [3.8, 4) is 11.3 Å². The third-order valence-electron chi connectivity index (χ3n) is 5.80. The lowest BCUT2D eigenvalue weighted by atomic mass is 9.72. The van der Waals surface area contributed by atoms with E-state index in [2.05, 4.69) is 17.1 Å². The van der Waals surface area contributed by atoms with Gasteiger partial charge in [-0.2, -0.15) is 0 Å². The summed E-state index contributed by atoms with van der Waals surface area (Å²) < 4.78 is 10.6. The van der Waals surface area contributed by atoms with Gasteiger partial charge in [-0.15, -0.1) is 0 Å². The van der Waals surface area contributed by atoms with Crippen LogP contribution in [-0.4, -0.2) is 41.5 Å². The highest BCUT2D eigenvalue weighted by atomic mass is 16.5. The number of likely N-dealkylation sites (tertiary alicyclic amines) is 1. The number of oxazole rings is 1. The van der Waals surface area contributed by atoms with Gasteiger partial charge in [0.05, 0.1) is 18.7 Å². The maximum absolute atomic E-state index is 13.0. The molecule has 1 fully saturated rings. The van der Waals surface area contributed by atoms with Gasteiger partial charge >= 0.3 is 5.97 Å². The molecule has 1 aliphatic carbocycles. The third kappa shape index (κ3) is 3.35. The Hall–Kier alpha value is -2.89. The average Bonchev–Trinajstić information content (AvgIpc) is 3.37. The predicted octanol–water partition coefficient (Wildman–Crippen LogP) is 3.42. The molecular weight excluding hydrogens is 356 g/mol. The molecule has 0 unspecified atom stereocenters. The lowest BCUT2D eigenvalue weighted by Gasteiger charge is -2.31. The largest absolute Gasteiger partial charge is 0.466 e. The van der Waals surface area contributed by atoms with E-state index in [4.69, 9.17) is 9.15 Å². The van der Waals surface area contributed by atoms with E-state index in [0.29, 0.717) is 31.0 Å². The Morgan fingerprint density at radius 3 is 2.68 bits per heavy atom. The van der Waals surface area contributed by atoms with Crippen LogP contribution in [0.2, 0.25) is 0 Å². The fourth-order valence-electron chi connectivity index (χ4n) is 4.38. The van der Waals surface area contributed by atoms with Crippen LogP contribution in [0.25, 0.3) is 11.3 Å². The molecule has 0 N–H and O–H groups in total. The van der Waals surface area contributed by atoms with Gasteiger partial charge in [0.25, 0.3) is 5.91 Å². The second-order valence-electron chi connectivity index (χ2n) is 7.50. The molecule has 4 rings (SSSR count). The van der Waals surface area contributed by atoms with Crippen molar-refractivity contribution >= 4 is 11.9 Å². The van der Waals surface area contributed by atoms with Crippen LogP contribution in [0.3, 0.4) is 0 Å². The molecule has 28 heavy (non-hydrogen) atoms. The summed E-state index contributed by atoms with van der Waals surface area (Å²) in [7, 11) is 0. The molecule has 146 valence electrons. The molecule has 4 atom stereocenters. The highest BCUT2D eigenvalue weighted by molar-refractivity contribution is 5.95. The third-order valence-corrected chi connectivity index (χ3v) is 5.80. The second kappa shape index (κ2) is 7.62. The van der Waals surface area contributed by atoms with Gasteiger partial charge in [0.2, 0.25) is 0 Å². The zero-order chi connectivity index (χ0) is 19.7. The van der Waals surface area contributed by atoms with E-state index in [-0.39, 0.29) is 35.5 Å². The summed E-state index contributed by atoms with van der Waals surface area (Å²) in [6.07, 6.45) is 7.27. The van der Waals surface area contributed by atoms with Crippen LogP contribution in [0.1, 0.15) is 24.2 Å². The molecule has 1 saturated heterocycles. The van der Waals surface area contributed by atoms with E-state index >= 15 is 0 Å². The molecule has 2 aromatic rings. The number of amides is 1. The predicted molar refractivity (Wildman–Crippen MR) is 103 cm³/mol. The molecule has 0 radical (unpaired) electrons. The highest BCUT2D eigenvalue weighted by Gasteiger charge is 2.46. The fraction of sp³-hybridized carbons (Fsp3) is 0.409. The number of benzene rings is 1. The highest BCUT2D eigenvalue weighted by Crippen LogP contribution is 2.40. The van der Waals surface area contributed by atoms with Gasteiger partial charge in [-0.25, -0.2) is 4.98 Å². The summed E-state index contributed by atoms with van der Waals surface area (Å²) in [6.45, 7) is 5.45. The van der Waals surface area contributed by atoms with Crippen LogP contribution in [0, 0.1) is 23.7 Å². The summed E-state index contributed by atoms with van der Waals surface area (Å²) in [5.74, 6) is 0.738. The molecule has 1 aromatic heterocycles. The number of rotatable bonds is 4. The van der Waals surface area contributed by atoms with Crippen molar-refractivity contribution in [3.05, 3.63) is 54.6 Å². The zero-order valence-electron chi connectivity index (χ0n) is 16.1. The Balaban J connectivity index is 1.49. The number of ether oxygens (including phenoxy) is 1. The van der Waals surface area contributed by atoms with Crippen LogP contribution in [0.4, 0.5) is 0 Å². The van der Waals surface area contributed by atoms with Crippen LogP contribution < -0.4 is 0 Å². The van der Waals surface area contributed by atoms with Gasteiger partial charge in [0, 0.05) is 24.2 Å². The fourth-order valence-corrected chi connectivity index (χ4v) is 4.38. The lowest BCUT2D eigenvalue weighted by molar-refractivity contribution is -0.152. The zero-order valence-corrected chi connectivity index (χ0v) is 16.1. The number of nitrogens with zero attached hydrogens (tertiary/aromatic N) is 2. The minimum Gasteiger partial charge on any atom is -0.466 e. The topological polar surface area (TPSA) is 72.6 Å². The van der Waals surface area contributed by atoms with Crippen LogP contribution in [0.15, 0.2) is 53.4 Å². The van der Waals surface area contributed by atoms with Crippen molar-refractivity contribution in [2.45, 2.75) is 13.8 Å². The maximum atomic E-state index is 13.0. The first-order chi connectivity index (χ1) is 13.6. The van der Waals surface area contributed by atoms with E-state index in [0.717, 1.165) is 5.56 Å². The Labute approximate surface area is 164 Å². The molecule has 1 aromatic carbocycles. The number of carbonyl (C=O) groups is 2. The number of carbonyl (C=O) groups excluding carboxylic acids is 2. The number of hydrogen-bond acceptors (Lipinski definition) is 5. The van der Waals surface area contributed by atoms with Crippen molar-refractivity contribution in [3.63, 3.8) is 0 Å².